The highest BCUT2D eigenvalue weighted by molar-refractivity contribution is 6.33. The number of nitrogens with zero attached hydrogens (tertiary/aromatic N) is 3. The monoisotopic (exact) mass is 431 g/mol. The molecule has 30 heavy (non-hydrogen) atoms. The van der Waals surface area contributed by atoms with Crippen LogP contribution < -0.4 is 10.6 Å². The van der Waals surface area contributed by atoms with Crippen LogP contribution in [0.3, 0.4) is 0 Å². The fraction of sp³-hybridized carbons (Fsp3) is 0.524. The molecule has 0 unspecified atom stereocenters. The molecule has 0 aromatic carbocycles. The Labute approximate surface area is 180 Å². The summed E-state index contributed by atoms with van der Waals surface area (Å²) in [4.78, 5) is 27.9. The molecule has 2 aromatic rings. The summed E-state index contributed by atoms with van der Waals surface area (Å²) < 4.78 is 2.02. The van der Waals surface area contributed by atoms with Gasteiger partial charge in [0.05, 0.1) is 11.2 Å². The van der Waals surface area contributed by atoms with Gasteiger partial charge in [-0.25, -0.2) is 9.78 Å². The molecule has 9 heteroatoms. The third-order valence-corrected chi connectivity index (χ3v) is 6.24. The van der Waals surface area contributed by atoms with Crippen LogP contribution in [0.25, 0.3) is 11.1 Å². The zero-order chi connectivity index (χ0) is 21.5. The minimum Gasteiger partial charge on any atom is -0.465 e. The zero-order valence-corrected chi connectivity index (χ0v) is 17.9. The summed E-state index contributed by atoms with van der Waals surface area (Å²) in [7, 11) is 0. The van der Waals surface area contributed by atoms with Crippen molar-refractivity contribution in [2.75, 3.05) is 5.32 Å². The molecule has 1 saturated carbocycles. The number of hydrogen-bond donors (Lipinski definition) is 3. The summed E-state index contributed by atoms with van der Waals surface area (Å²) in [6.45, 7) is 5.28. The molecule has 160 valence electrons. The van der Waals surface area contributed by atoms with E-state index < -0.39 is 6.09 Å². The van der Waals surface area contributed by atoms with Gasteiger partial charge in [-0.15, -0.1) is 0 Å². The molecule has 2 aromatic heterocycles. The molecule has 2 atom stereocenters. The Kier molecular flexibility index (Phi) is 5.44. The van der Waals surface area contributed by atoms with Gasteiger partial charge < -0.3 is 15.7 Å². The second-order valence-corrected chi connectivity index (χ2v) is 9.46. The first-order valence-corrected chi connectivity index (χ1v) is 10.6. The molecule has 4 rings (SSSR count). The van der Waals surface area contributed by atoms with Crippen LogP contribution in [0, 0.1) is 11.3 Å². The van der Waals surface area contributed by atoms with Gasteiger partial charge in [0.1, 0.15) is 5.82 Å². The van der Waals surface area contributed by atoms with Crippen molar-refractivity contribution in [3.63, 3.8) is 0 Å². The number of amides is 2. The lowest BCUT2D eigenvalue weighted by Gasteiger charge is -2.28. The minimum atomic E-state index is -1.05. The van der Waals surface area contributed by atoms with Crippen LogP contribution in [0.5, 0.6) is 0 Å². The Morgan fingerprint density at radius 2 is 2.07 bits per heavy atom. The van der Waals surface area contributed by atoms with Crippen molar-refractivity contribution >= 4 is 29.4 Å². The SMILES string of the molecule is CC1(C)Cc2c(-c3cc(NC(=O)[C@@H]4CCC[C@@H](NC(=O)O)C4)ncc3Cl)cnn2C1. The van der Waals surface area contributed by atoms with Crippen LogP contribution >= 0.6 is 11.6 Å². The molecule has 1 aliphatic carbocycles. The Morgan fingerprint density at radius 3 is 2.83 bits per heavy atom. The molecule has 8 nitrogen and oxygen atoms in total. The van der Waals surface area contributed by atoms with Crippen molar-refractivity contribution in [2.45, 2.75) is 58.5 Å². The molecule has 2 amide bonds. The molecule has 1 fully saturated rings. The van der Waals surface area contributed by atoms with Gasteiger partial charge in [0.15, 0.2) is 0 Å². The standard InChI is InChI=1S/C21H26ClN5O3/c1-21(2)8-17-15(9-24-27(17)11-21)14-7-18(23-10-16(14)22)26-19(28)12-4-3-5-13(6-12)25-20(29)30/h7,9-10,12-13,25H,3-6,8,11H2,1-2H3,(H,29,30)(H,23,26,28)/t12-,13-/m1/s1. The minimum absolute atomic E-state index is 0.144. The summed E-state index contributed by atoms with van der Waals surface area (Å²) in [5, 5.41) is 19.3. The highest BCUT2D eigenvalue weighted by Gasteiger charge is 2.32. The van der Waals surface area contributed by atoms with Crippen molar-refractivity contribution in [3.8, 4) is 11.1 Å². The second kappa shape index (κ2) is 7.91. The van der Waals surface area contributed by atoms with Gasteiger partial charge in [0.25, 0.3) is 0 Å². The highest BCUT2D eigenvalue weighted by atomic mass is 35.5. The fourth-order valence-corrected chi connectivity index (χ4v) is 4.75. The van der Waals surface area contributed by atoms with E-state index in [1.807, 2.05) is 10.9 Å². The molecule has 3 heterocycles. The van der Waals surface area contributed by atoms with E-state index in [9.17, 15) is 9.59 Å². The van der Waals surface area contributed by atoms with Gasteiger partial charge in [-0.3, -0.25) is 9.48 Å². The van der Waals surface area contributed by atoms with E-state index in [-0.39, 0.29) is 23.3 Å². The number of anilines is 1. The molecule has 0 radical (unpaired) electrons. The molecule has 0 bridgehead atoms. The molecule has 2 aliphatic rings. The van der Waals surface area contributed by atoms with Crippen LogP contribution in [-0.2, 0) is 17.8 Å². The number of pyridine rings is 1. The Hall–Kier alpha value is -2.61. The van der Waals surface area contributed by atoms with E-state index in [1.165, 1.54) is 0 Å². The van der Waals surface area contributed by atoms with Crippen molar-refractivity contribution < 1.29 is 14.7 Å². The van der Waals surface area contributed by atoms with Gasteiger partial charge in [-0.2, -0.15) is 5.10 Å². The summed E-state index contributed by atoms with van der Waals surface area (Å²) >= 11 is 6.44. The quantitative estimate of drug-likeness (QED) is 0.679. The zero-order valence-electron chi connectivity index (χ0n) is 17.1. The van der Waals surface area contributed by atoms with Gasteiger partial charge in [-0.1, -0.05) is 31.9 Å². The predicted molar refractivity (Wildman–Crippen MR) is 113 cm³/mol. The second-order valence-electron chi connectivity index (χ2n) is 9.05. The average molecular weight is 432 g/mol. The fourth-order valence-electron chi connectivity index (χ4n) is 4.55. The number of nitrogens with one attached hydrogen (secondary N) is 2. The predicted octanol–water partition coefficient (Wildman–Crippen LogP) is 3.95. The number of carbonyl (C=O) groups is 2. The van der Waals surface area contributed by atoms with Crippen LogP contribution in [-0.4, -0.2) is 37.9 Å². The molecule has 3 N–H and O–H groups in total. The average Bonchev–Trinajstić information content (AvgIpc) is 3.18. The topological polar surface area (TPSA) is 109 Å². The van der Waals surface area contributed by atoms with E-state index >= 15 is 0 Å². The van der Waals surface area contributed by atoms with Crippen molar-refractivity contribution in [2.24, 2.45) is 11.3 Å². The summed E-state index contributed by atoms with van der Waals surface area (Å²) in [5.41, 5.74) is 3.05. The van der Waals surface area contributed by atoms with E-state index in [2.05, 4.69) is 34.6 Å². The van der Waals surface area contributed by atoms with E-state index in [4.69, 9.17) is 16.7 Å². The van der Waals surface area contributed by atoms with E-state index in [1.54, 1.807) is 12.3 Å². The molecular formula is C21H26ClN5O3. The number of halogens is 1. The summed E-state index contributed by atoms with van der Waals surface area (Å²) in [6, 6.07) is 1.60. The largest absolute Gasteiger partial charge is 0.465 e. The van der Waals surface area contributed by atoms with Gasteiger partial charge in [0.2, 0.25) is 5.91 Å². The number of hydrogen-bond acceptors (Lipinski definition) is 4. The number of aromatic nitrogens is 3. The lowest BCUT2D eigenvalue weighted by Crippen LogP contribution is -2.40. The lowest BCUT2D eigenvalue weighted by molar-refractivity contribution is -0.121. The van der Waals surface area contributed by atoms with Crippen LogP contribution in [0.4, 0.5) is 10.6 Å². The van der Waals surface area contributed by atoms with Crippen molar-refractivity contribution in [1.29, 1.82) is 0 Å². The molecule has 0 saturated heterocycles. The number of rotatable bonds is 4. The first-order valence-electron chi connectivity index (χ1n) is 10.2. The lowest BCUT2D eigenvalue weighted by atomic mass is 9.85. The van der Waals surface area contributed by atoms with E-state index in [0.29, 0.717) is 17.3 Å². The summed E-state index contributed by atoms with van der Waals surface area (Å²) in [5.74, 6) is 0.0386. The molecular weight excluding hydrogens is 406 g/mol. The maximum absolute atomic E-state index is 12.8. The Bertz CT molecular complexity index is 987. The molecule has 0 spiro atoms. The molecule has 1 aliphatic heterocycles. The Morgan fingerprint density at radius 1 is 1.27 bits per heavy atom. The summed E-state index contributed by atoms with van der Waals surface area (Å²) in [6.07, 6.45) is 6.00. The first-order chi connectivity index (χ1) is 14.2. The van der Waals surface area contributed by atoms with Crippen molar-refractivity contribution in [3.05, 3.63) is 29.2 Å². The maximum atomic E-state index is 12.8. The van der Waals surface area contributed by atoms with Gasteiger partial charge in [-0.05, 0) is 37.2 Å². The Balaban J connectivity index is 1.51. The smallest absolute Gasteiger partial charge is 0.404 e. The third-order valence-electron chi connectivity index (χ3n) is 5.94. The first kappa shape index (κ1) is 20.7. The third kappa shape index (κ3) is 4.28. The normalized spacial score (nSPS) is 22.4. The number of carbonyl (C=O) groups excluding carboxylic acids is 1. The maximum Gasteiger partial charge on any atom is 0.404 e. The van der Waals surface area contributed by atoms with Gasteiger partial charge in [0, 0.05) is 41.5 Å². The van der Waals surface area contributed by atoms with Crippen LogP contribution in [0.15, 0.2) is 18.5 Å². The van der Waals surface area contributed by atoms with E-state index in [0.717, 1.165) is 49.0 Å². The number of carboxylic acid groups (broad SMARTS) is 1. The van der Waals surface area contributed by atoms with Crippen LogP contribution in [0.2, 0.25) is 5.02 Å². The van der Waals surface area contributed by atoms with Crippen molar-refractivity contribution in [1.82, 2.24) is 20.1 Å². The highest BCUT2D eigenvalue weighted by Crippen LogP contribution is 2.39. The number of fused-ring (bicyclic) bond motifs is 1. The van der Waals surface area contributed by atoms with Crippen LogP contribution in [0.1, 0.15) is 45.2 Å². The van der Waals surface area contributed by atoms with Gasteiger partial charge >= 0.3 is 6.09 Å².